The Balaban J connectivity index is 2.74. The number of nitrogens with two attached hydrogens (primary N) is 1. The standard InChI is InChI=1S/C10H12F2N2O/c1-6(13)5-14-10(15)8-3-2-7(11)4-9(8)12/h2-4,6H,5,13H2,1H3,(H,14,15). The van der Waals surface area contributed by atoms with Crippen molar-refractivity contribution in [3.05, 3.63) is 35.4 Å². The smallest absolute Gasteiger partial charge is 0.254 e. The van der Waals surface area contributed by atoms with Crippen molar-refractivity contribution in [1.29, 1.82) is 0 Å². The first-order valence-corrected chi connectivity index (χ1v) is 4.49. The molecule has 82 valence electrons. The van der Waals surface area contributed by atoms with Crippen LogP contribution in [0.5, 0.6) is 0 Å². The van der Waals surface area contributed by atoms with Crippen LogP contribution in [-0.2, 0) is 0 Å². The lowest BCUT2D eigenvalue weighted by molar-refractivity contribution is 0.0947. The molecule has 1 amide bonds. The molecular weight excluding hydrogens is 202 g/mol. The van der Waals surface area contributed by atoms with Gasteiger partial charge < -0.3 is 11.1 Å². The Morgan fingerprint density at radius 3 is 2.73 bits per heavy atom. The van der Waals surface area contributed by atoms with Crippen LogP contribution in [0.2, 0.25) is 0 Å². The molecule has 5 heteroatoms. The van der Waals surface area contributed by atoms with Gasteiger partial charge in [-0.15, -0.1) is 0 Å². The second kappa shape index (κ2) is 4.84. The molecule has 0 saturated carbocycles. The third kappa shape index (κ3) is 3.28. The zero-order valence-corrected chi connectivity index (χ0v) is 8.26. The monoisotopic (exact) mass is 214 g/mol. The van der Waals surface area contributed by atoms with E-state index in [1.807, 2.05) is 0 Å². The van der Waals surface area contributed by atoms with Crippen LogP contribution in [0.15, 0.2) is 18.2 Å². The van der Waals surface area contributed by atoms with Crippen LogP contribution < -0.4 is 11.1 Å². The van der Waals surface area contributed by atoms with E-state index in [1.165, 1.54) is 0 Å². The van der Waals surface area contributed by atoms with E-state index in [9.17, 15) is 13.6 Å². The maximum absolute atomic E-state index is 13.1. The lowest BCUT2D eigenvalue weighted by atomic mass is 10.2. The van der Waals surface area contributed by atoms with Gasteiger partial charge in [0.25, 0.3) is 5.91 Å². The van der Waals surface area contributed by atoms with Gasteiger partial charge in [-0.25, -0.2) is 8.78 Å². The first-order chi connectivity index (χ1) is 7.00. The van der Waals surface area contributed by atoms with Crippen LogP contribution in [0, 0.1) is 11.6 Å². The number of nitrogens with one attached hydrogen (secondary N) is 1. The first kappa shape index (κ1) is 11.6. The highest BCUT2D eigenvalue weighted by molar-refractivity contribution is 5.94. The van der Waals surface area contributed by atoms with E-state index in [0.717, 1.165) is 12.1 Å². The first-order valence-electron chi connectivity index (χ1n) is 4.49. The number of hydrogen-bond acceptors (Lipinski definition) is 2. The molecule has 1 unspecified atom stereocenters. The Kier molecular flexibility index (Phi) is 3.74. The van der Waals surface area contributed by atoms with Crippen LogP contribution in [0.4, 0.5) is 8.78 Å². The summed E-state index contributed by atoms with van der Waals surface area (Å²) in [5.41, 5.74) is 5.23. The van der Waals surface area contributed by atoms with Gasteiger partial charge in [0.2, 0.25) is 0 Å². The quantitative estimate of drug-likeness (QED) is 0.790. The van der Waals surface area contributed by atoms with Gasteiger partial charge in [0, 0.05) is 18.7 Å². The average Bonchev–Trinajstić information content (AvgIpc) is 2.14. The van der Waals surface area contributed by atoms with Crippen LogP contribution >= 0.6 is 0 Å². The molecule has 0 aromatic heterocycles. The third-order valence-electron chi connectivity index (χ3n) is 1.76. The van der Waals surface area contributed by atoms with E-state index in [1.54, 1.807) is 6.92 Å². The number of hydrogen-bond donors (Lipinski definition) is 2. The summed E-state index contributed by atoms with van der Waals surface area (Å²) in [6.45, 7) is 1.96. The summed E-state index contributed by atoms with van der Waals surface area (Å²) in [6.07, 6.45) is 0. The van der Waals surface area contributed by atoms with Crippen molar-refractivity contribution >= 4 is 5.91 Å². The predicted molar refractivity (Wildman–Crippen MR) is 52.3 cm³/mol. The van der Waals surface area contributed by atoms with Crippen molar-refractivity contribution in [3.8, 4) is 0 Å². The van der Waals surface area contributed by atoms with Crippen molar-refractivity contribution in [3.63, 3.8) is 0 Å². The molecule has 0 spiro atoms. The summed E-state index contributed by atoms with van der Waals surface area (Å²) >= 11 is 0. The largest absolute Gasteiger partial charge is 0.350 e. The molecule has 3 N–H and O–H groups in total. The van der Waals surface area contributed by atoms with Gasteiger partial charge in [-0.2, -0.15) is 0 Å². The Labute approximate surface area is 86.3 Å². The van der Waals surface area contributed by atoms with E-state index in [4.69, 9.17) is 5.73 Å². The second-order valence-electron chi connectivity index (χ2n) is 3.31. The van der Waals surface area contributed by atoms with E-state index in [2.05, 4.69) is 5.32 Å². The van der Waals surface area contributed by atoms with Crippen LogP contribution in [0.3, 0.4) is 0 Å². The summed E-state index contributed by atoms with van der Waals surface area (Å²) in [5, 5.41) is 2.43. The SMILES string of the molecule is CC(N)CNC(=O)c1ccc(F)cc1F. The lowest BCUT2D eigenvalue weighted by Gasteiger charge is -2.08. The Hall–Kier alpha value is -1.49. The second-order valence-corrected chi connectivity index (χ2v) is 3.31. The van der Waals surface area contributed by atoms with Crippen molar-refractivity contribution in [1.82, 2.24) is 5.32 Å². The normalized spacial score (nSPS) is 12.3. The van der Waals surface area contributed by atoms with Crippen LogP contribution in [0.25, 0.3) is 0 Å². The minimum absolute atomic E-state index is 0.183. The summed E-state index contributed by atoms with van der Waals surface area (Å²) in [5.74, 6) is -2.18. The van der Waals surface area contributed by atoms with E-state index in [-0.39, 0.29) is 18.2 Å². The van der Waals surface area contributed by atoms with Crippen molar-refractivity contribution in [2.45, 2.75) is 13.0 Å². The fraction of sp³-hybridized carbons (Fsp3) is 0.300. The molecule has 0 aliphatic heterocycles. The minimum atomic E-state index is -0.878. The maximum Gasteiger partial charge on any atom is 0.254 e. The molecule has 0 heterocycles. The minimum Gasteiger partial charge on any atom is -0.350 e. The molecule has 3 nitrogen and oxygen atoms in total. The van der Waals surface area contributed by atoms with E-state index in [0.29, 0.717) is 6.07 Å². The van der Waals surface area contributed by atoms with E-state index < -0.39 is 17.5 Å². The maximum atomic E-state index is 13.1. The molecule has 1 atom stereocenters. The molecule has 0 aliphatic carbocycles. The van der Waals surface area contributed by atoms with Gasteiger partial charge >= 0.3 is 0 Å². The summed E-state index contributed by atoms with van der Waals surface area (Å²) in [4.78, 5) is 11.4. The summed E-state index contributed by atoms with van der Waals surface area (Å²) in [6, 6.07) is 2.59. The molecule has 15 heavy (non-hydrogen) atoms. The fourth-order valence-electron chi connectivity index (χ4n) is 1.02. The van der Waals surface area contributed by atoms with E-state index >= 15 is 0 Å². The molecule has 1 aromatic rings. The molecular formula is C10H12F2N2O. The molecule has 0 bridgehead atoms. The van der Waals surface area contributed by atoms with Gasteiger partial charge in [0.15, 0.2) is 0 Å². The number of benzene rings is 1. The topological polar surface area (TPSA) is 55.1 Å². The highest BCUT2D eigenvalue weighted by Gasteiger charge is 2.12. The number of carbonyl (C=O) groups is 1. The molecule has 1 rings (SSSR count). The van der Waals surface area contributed by atoms with Crippen molar-refractivity contribution in [2.75, 3.05) is 6.54 Å². The molecule has 0 aliphatic rings. The van der Waals surface area contributed by atoms with Gasteiger partial charge in [-0.1, -0.05) is 0 Å². The molecule has 0 fully saturated rings. The number of halogens is 2. The van der Waals surface area contributed by atoms with Crippen molar-refractivity contribution in [2.24, 2.45) is 5.73 Å². The Bertz CT molecular complexity index is 366. The van der Waals surface area contributed by atoms with Crippen LogP contribution in [0.1, 0.15) is 17.3 Å². The van der Waals surface area contributed by atoms with Gasteiger partial charge in [-0.3, -0.25) is 4.79 Å². The lowest BCUT2D eigenvalue weighted by Crippen LogP contribution is -2.35. The fourth-order valence-corrected chi connectivity index (χ4v) is 1.02. The number of carbonyl (C=O) groups excluding carboxylic acids is 1. The number of rotatable bonds is 3. The predicted octanol–water partition coefficient (Wildman–Crippen LogP) is 1.04. The number of amides is 1. The highest BCUT2D eigenvalue weighted by Crippen LogP contribution is 2.08. The zero-order valence-electron chi connectivity index (χ0n) is 8.26. The van der Waals surface area contributed by atoms with Gasteiger partial charge in [0.05, 0.1) is 5.56 Å². The Morgan fingerprint density at radius 2 is 2.20 bits per heavy atom. The zero-order chi connectivity index (χ0) is 11.4. The third-order valence-corrected chi connectivity index (χ3v) is 1.76. The van der Waals surface area contributed by atoms with Gasteiger partial charge in [0.1, 0.15) is 11.6 Å². The van der Waals surface area contributed by atoms with Crippen molar-refractivity contribution < 1.29 is 13.6 Å². The summed E-state index contributed by atoms with van der Waals surface area (Å²) in [7, 11) is 0. The molecule has 0 saturated heterocycles. The Morgan fingerprint density at radius 1 is 1.53 bits per heavy atom. The molecule has 1 aromatic carbocycles. The molecule has 0 radical (unpaired) electrons. The average molecular weight is 214 g/mol. The summed E-state index contributed by atoms with van der Waals surface area (Å²) < 4.78 is 25.6. The van der Waals surface area contributed by atoms with Crippen LogP contribution in [-0.4, -0.2) is 18.5 Å². The highest BCUT2D eigenvalue weighted by atomic mass is 19.1. The van der Waals surface area contributed by atoms with Gasteiger partial charge in [-0.05, 0) is 19.1 Å².